The highest BCUT2D eigenvalue weighted by molar-refractivity contribution is 5.43. The Morgan fingerprint density at radius 1 is 1.25 bits per heavy atom. The highest BCUT2D eigenvalue weighted by atomic mass is 16.5. The van der Waals surface area contributed by atoms with Crippen LogP contribution in [0.4, 0.5) is 0 Å². The Kier molecular flexibility index (Phi) is 7.16. The summed E-state index contributed by atoms with van der Waals surface area (Å²) >= 11 is 0. The summed E-state index contributed by atoms with van der Waals surface area (Å²) in [6.07, 6.45) is 3.10. The molecule has 1 N–H and O–H groups in total. The highest BCUT2D eigenvalue weighted by Crippen LogP contribution is 2.28. The van der Waals surface area contributed by atoms with Crippen molar-refractivity contribution in [1.29, 1.82) is 0 Å². The van der Waals surface area contributed by atoms with Crippen molar-refractivity contribution in [3.63, 3.8) is 0 Å². The van der Waals surface area contributed by atoms with Gasteiger partial charge in [-0.3, -0.25) is 0 Å². The van der Waals surface area contributed by atoms with Crippen LogP contribution < -0.4 is 14.8 Å². The summed E-state index contributed by atoms with van der Waals surface area (Å²) in [5.74, 6) is 1.56. The first-order valence-corrected chi connectivity index (χ1v) is 7.19. The summed E-state index contributed by atoms with van der Waals surface area (Å²) in [6, 6.07) is 6.54. The summed E-state index contributed by atoms with van der Waals surface area (Å²) < 4.78 is 10.6. The maximum Gasteiger partial charge on any atom is 0.160 e. The number of hydrogen-bond donors (Lipinski definition) is 1. The van der Waals surface area contributed by atoms with Gasteiger partial charge in [0.1, 0.15) is 0 Å². The molecular formula is C17H27NO2. The lowest BCUT2D eigenvalue weighted by atomic mass is 10.00. The van der Waals surface area contributed by atoms with E-state index in [0.717, 1.165) is 37.3 Å². The molecule has 112 valence electrons. The molecule has 0 aliphatic heterocycles. The highest BCUT2D eigenvalue weighted by Gasteiger charge is 2.11. The lowest BCUT2D eigenvalue weighted by molar-refractivity contribution is 0.354. The second-order valence-electron chi connectivity index (χ2n) is 5.21. The lowest BCUT2D eigenvalue weighted by Crippen LogP contribution is -2.32. The Hall–Kier alpha value is -1.48. The molecule has 1 aromatic carbocycles. The number of hydrogen-bond acceptors (Lipinski definition) is 3. The van der Waals surface area contributed by atoms with Gasteiger partial charge in [0.25, 0.3) is 0 Å². The van der Waals surface area contributed by atoms with Crippen molar-refractivity contribution in [1.82, 2.24) is 5.32 Å². The van der Waals surface area contributed by atoms with Crippen molar-refractivity contribution >= 4 is 0 Å². The molecular weight excluding hydrogens is 250 g/mol. The van der Waals surface area contributed by atoms with Crippen molar-refractivity contribution in [3.8, 4) is 11.5 Å². The quantitative estimate of drug-likeness (QED) is 0.700. The molecule has 1 aromatic rings. The standard InChI is InChI=1S/C17H27NO2/c1-6-9-18-15(10-13(2)3)11-14-7-8-16(19-4)17(12-14)20-5/h7-8,12,15,18H,2,6,9-11H2,1,3-5H3. The van der Waals surface area contributed by atoms with E-state index in [1.165, 1.54) is 11.1 Å². The number of benzene rings is 1. The molecule has 0 aromatic heterocycles. The van der Waals surface area contributed by atoms with Gasteiger partial charge in [-0.05, 0) is 50.4 Å². The number of ether oxygens (including phenoxy) is 2. The monoisotopic (exact) mass is 277 g/mol. The summed E-state index contributed by atoms with van der Waals surface area (Å²) in [5.41, 5.74) is 2.46. The van der Waals surface area contributed by atoms with Crippen LogP contribution in [0.2, 0.25) is 0 Å². The third kappa shape index (κ3) is 5.25. The van der Waals surface area contributed by atoms with Crippen LogP contribution in [0.3, 0.4) is 0 Å². The van der Waals surface area contributed by atoms with Crippen LogP contribution >= 0.6 is 0 Å². The van der Waals surface area contributed by atoms with Crippen LogP contribution in [0.1, 0.15) is 32.3 Å². The first kappa shape index (κ1) is 16.6. The molecule has 0 aliphatic carbocycles. The lowest BCUT2D eigenvalue weighted by Gasteiger charge is -2.19. The molecule has 0 aliphatic rings. The summed E-state index contributed by atoms with van der Waals surface area (Å²) in [7, 11) is 3.33. The van der Waals surface area contributed by atoms with Gasteiger partial charge in [0, 0.05) is 6.04 Å². The molecule has 0 spiro atoms. The van der Waals surface area contributed by atoms with E-state index in [1.54, 1.807) is 14.2 Å². The van der Waals surface area contributed by atoms with Crippen LogP contribution in [0.25, 0.3) is 0 Å². The molecule has 0 fully saturated rings. The van der Waals surface area contributed by atoms with E-state index in [1.807, 2.05) is 6.07 Å². The number of methoxy groups -OCH3 is 2. The minimum absolute atomic E-state index is 0.422. The molecule has 1 rings (SSSR count). The maximum atomic E-state index is 5.36. The van der Waals surface area contributed by atoms with E-state index in [4.69, 9.17) is 9.47 Å². The van der Waals surface area contributed by atoms with Gasteiger partial charge in [0.2, 0.25) is 0 Å². The zero-order valence-electron chi connectivity index (χ0n) is 13.2. The van der Waals surface area contributed by atoms with E-state index in [2.05, 4.69) is 37.9 Å². The second-order valence-corrected chi connectivity index (χ2v) is 5.21. The van der Waals surface area contributed by atoms with Crippen molar-refractivity contribution < 1.29 is 9.47 Å². The molecule has 0 radical (unpaired) electrons. The molecule has 0 amide bonds. The Morgan fingerprint density at radius 2 is 1.95 bits per heavy atom. The van der Waals surface area contributed by atoms with Gasteiger partial charge in [-0.25, -0.2) is 0 Å². The van der Waals surface area contributed by atoms with E-state index < -0.39 is 0 Å². The van der Waals surface area contributed by atoms with Crippen molar-refractivity contribution in [3.05, 3.63) is 35.9 Å². The van der Waals surface area contributed by atoms with Gasteiger partial charge in [-0.2, -0.15) is 0 Å². The van der Waals surface area contributed by atoms with Crippen LogP contribution in [0, 0.1) is 0 Å². The molecule has 0 bridgehead atoms. The second kappa shape index (κ2) is 8.64. The molecule has 3 heteroatoms. The van der Waals surface area contributed by atoms with Gasteiger partial charge in [-0.15, -0.1) is 6.58 Å². The van der Waals surface area contributed by atoms with E-state index in [-0.39, 0.29) is 0 Å². The fourth-order valence-electron chi connectivity index (χ4n) is 2.28. The van der Waals surface area contributed by atoms with E-state index in [9.17, 15) is 0 Å². The third-order valence-electron chi connectivity index (χ3n) is 3.21. The van der Waals surface area contributed by atoms with Gasteiger partial charge in [0.15, 0.2) is 11.5 Å². The minimum atomic E-state index is 0.422. The van der Waals surface area contributed by atoms with Crippen LogP contribution in [0.15, 0.2) is 30.4 Å². The molecule has 0 saturated heterocycles. The average molecular weight is 277 g/mol. The van der Waals surface area contributed by atoms with Crippen LogP contribution in [-0.4, -0.2) is 26.8 Å². The van der Waals surface area contributed by atoms with E-state index >= 15 is 0 Å². The van der Waals surface area contributed by atoms with Crippen molar-refractivity contribution in [2.45, 2.75) is 39.2 Å². The Balaban J connectivity index is 2.78. The molecule has 1 atom stereocenters. The first-order chi connectivity index (χ1) is 9.60. The Bertz CT molecular complexity index is 429. The van der Waals surface area contributed by atoms with Crippen LogP contribution in [0.5, 0.6) is 11.5 Å². The Morgan fingerprint density at radius 3 is 2.50 bits per heavy atom. The smallest absolute Gasteiger partial charge is 0.160 e. The maximum absolute atomic E-state index is 5.36. The average Bonchev–Trinajstić information content (AvgIpc) is 2.44. The molecule has 0 heterocycles. The summed E-state index contributed by atoms with van der Waals surface area (Å²) in [5, 5.41) is 3.58. The fourth-order valence-corrected chi connectivity index (χ4v) is 2.28. The van der Waals surface area contributed by atoms with Gasteiger partial charge < -0.3 is 14.8 Å². The molecule has 1 unspecified atom stereocenters. The molecule has 0 saturated carbocycles. The minimum Gasteiger partial charge on any atom is -0.493 e. The zero-order chi connectivity index (χ0) is 15.0. The fraction of sp³-hybridized carbons (Fsp3) is 0.529. The van der Waals surface area contributed by atoms with Crippen molar-refractivity contribution in [2.24, 2.45) is 0 Å². The van der Waals surface area contributed by atoms with E-state index in [0.29, 0.717) is 6.04 Å². The number of rotatable bonds is 9. The summed E-state index contributed by atoms with van der Waals surface area (Å²) in [4.78, 5) is 0. The Labute approximate surface area is 123 Å². The molecule has 20 heavy (non-hydrogen) atoms. The molecule has 3 nitrogen and oxygen atoms in total. The third-order valence-corrected chi connectivity index (χ3v) is 3.21. The van der Waals surface area contributed by atoms with Gasteiger partial charge in [0.05, 0.1) is 14.2 Å². The van der Waals surface area contributed by atoms with Crippen molar-refractivity contribution in [2.75, 3.05) is 20.8 Å². The zero-order valence-corrected chi connectivity index (χ0v) is 13.2. The van der Waals surface area contributed by atoms with Gasteiger partial charge in [-0.1, -0.05) is 18.6 Å². The normalized spacial score (nSPS) is 12.0. The SMILES string of the molecule is C=C(C)CC(Cc1ccc(OC)c(OC)c1)NCCC. The topological polar surface area (TPSA) is 30.5 Å². The summed E-state index contributed by atoms with van der Waals surface area (Å²) in [6.45, 7) is 9.31. The predicted molar refractivity (Wildman–Crippen MR) is 84.8 cm³/mol. The first-order valence-electron chi connectivity index (χ1n) is 7.19. The number of nitrogens with one attached hydrogen (secondary N) is 1. The largest absolute Gasteiger partial charge is 0.493 e. The van der Waals surface area contributed by atoms with Crippen LogP contribution in [-0.2, 0) is 6.42 Å². The predicted octanol–water partition coefficient (Wildman–Crippen LogP) is 3.58. The van der Waals surface area contributed by atoms with Gasteiger partial charge >= 0.3 is 0 Å².